The molecule has 1 aliphatic rings. The molecule has 220 valence electrons. The number of phosphoric ester groups is 1. The molecule has 10 nitrogen and oxygen atoms in total. The molecule has 2 heterocycles. The number of halogens is 3. The minimum absolute atomic E-state index is 0.0107. The zero-order chi connectivity index (χ0) is 29.8. The number of ether oxygens (including phenoxy) is 2. The molecule has 0 spiro atoms. The van der Waals surface area contributed by atoms with Gasteiger partial charge in [-0.05, 0) is 66.9 Å². The molecule has 2 aromatic carbocycles. The van der Waals surface area contributed by atoms with Crippen LogP contribution in [0.2, 0.25) is 0 Å². The average Bonchev–Trinajstić information content (AvgIpc) is 2.91. The van der Waals surface area contributed by atoms with Gasteiger partial charge in [0.05, 0.1) is 31.4 Å². The van der Waals surface area contributed by atoms with Gasteiger partial charge in [-0.15, -0.1) is 0 Å². The predicted octanol–water partition coefficient (Wildman–Crippen LogP) is 5.04. The van der Waals surface area contributed by atoms with Crippen LogP contribution < -0.4 is 15.0 Å². The van der Waals surface area contributed by atoms with Gasteiger partial charge in [0.1, 0.15) is 12.4 Å². The first-order chi connectivity index (χ1) is 19.3. The number of aromatic nitrogens is 1. The first-order valence-electron chi connectivity index (χ1n) is 12.6. The van der Waals surface area contributed by atoms with E-state index in [-0.39, 0.29) is 30.7 Å². The number of aryl methyl sites for hydroxylation is 1. The Bertz CT molecular complexity index is 1450. The first-order valence-corrected chi connectivity index (χ1v) is 14.1. The van der Waals surface area contributed by atoms with Crippen molar-refractivity contribution < 1.29 is 46.3 Å². The van der Waals surface area contributed by atoms with Gasteiger partial charge in [0.15, 0.2) is 0 Å². The van der Waals surface area contributed by atoms with Gasteiger partial charge in [0.25, 0.3) is 5.91 Å². The van der Waals surface area contributed by atoms with Crippen LogP contribution in [0.1, 0.15) is 28.4 Å². The van der Waals surface area contributed by atoms with Gasteiger partial charge in [-0.3, -0.25) is 9.32 Å². The summed E-state index contributed by atoms with van der Waals surface area (Å²) < 4.78 is 66.0. The molecule has 0 aliphatic carbocycles. The largest absolute Gasteiger partial charge is 0.475 e. The molecule has 1 fully saturated rings. The van der Waals surface area contributed by atoms with E-state index in [9.17, 15) is 22.5 Å². The molecule has 0 unspecified atom stereocenters. The first kappa shape index (κ1) is 30.5. The molecule has 14 heteroatoms. The SMILES string of the molecule is Cc1ccc(NC(=O)c2cccc(C(F)(F)F)c2)cc1-c1cc(OCCOP(=O)(O)O)nc(N2CCOC[C@H]2C)c1. The predicted molar refractivity (Wildman–Crippen MR) is 145 cm³/mol. The van der Waals surface area contributed by atoms with E-state index in [0.717, 1.165) is 17.7 Å². The van der Waals surface area contributed by atoms with Gasteiger partial charge >= 0.3 is 14.0 Å². The molecular weight excluding hydrogens is 566 g/mol. The van der Waals surface area contributed by atoms with Crippen LogP contribution >= 0.6 is 7.82 Å². The van der Waals surface area contributed by atoms with E-state index >= 15 is 0 Å². The molecule has 3 N–H and O–H groups in total. The van der Waals surface area contributed by atoms with Crippen molar-refractivity contribution in [2.75, 3.05) is 43.2 Å². The molecule has 1 saturated heterocycles. The minimum Gasteiger partial charge on any atom is -0.475 e. The van der Waals surface area contributed by atoms with Gasteiger partial charge in [-0.1, -0.05) is 12.1 Å². The summed E-state index contributed by atoms with van der Waals surface area (Å²) in [6, 6.07) is 12.8. The van der Waals surface area contributed by atoms with Crippen molar-refractivity contribution in [1.82, 2.24) is 4.98 Å². The summed E-state index contributed by atoms with van der Waals surface area (Å²) in [5.41, 5.74) is 1.52. The van der Waals surface area contributed by atoms with Crippen LogP contribution in [-0.2, 0) is 20.0 Å². The lowest BCUT2D eigenvalue weighted by Crippen LogP contribution is -2.44. The molecule has 1 aromatic heterocycles. The van der Waals surface area contributed by atoms with Gasteiger partial charge < -0.3 is 29.5 Å². The summed E-state index contributed by atoms with van der Waals surface area (Å²) in [6.07, 6.45) is -4.58. The third-order valence-corrected chi connectivity index (χ3v) is 6.82. The molecule has 3 aromatic rings. The number of nitrogens with zero attached hydrogens (tertiary/aromatic N) is 2. The fourth-order valence-electron chi connectivity index (χ4n) is 4.29. The molecule has 0 saturated carbocycles. The summed E-state index contributed by atoms with van der Waals surface area (Å²) in [5.74, 6) is 0.0721. The maximum Gasteiger partial charge on any atom is 0.469 e. The number of carbonyl (C=O) groups excluding carboxylic acids is 1. The normalized spacial score (nSPS) is 16.0. The molecule has 0 radical (unpaired) electrons. The van der Waals surface area contributed by atoms with Crippen molar-refractivity contribution in [2.45, 2.75) is 26.1 Å². The number of nitrogens with one attached hydrogen (secondary N) is 1. The van der Waals surface area contributed by atoms with Gasteiger partial charge in [-0.2, -0.15) is 18.2 Å². The van der Waals surface area contributed by atoms with Crippen LogP contribution in [-0.4, -0.2) is 59.7 Å². The highest BCUT2D eigenvalue weighted by atomic mass is 31.2. The maximum atomic E-state index is 13.1. The van der Waals surface area contributed by atoms with Crippen LogP contribution in [0.5, 0.6) is 5.88 Å². The average molecular weight is 596 g/mol. The number of anilines is 2. The minimum atomic E-state index is -4.65. The standard InChI is InChI=1S/C27H29F3N3O7P/c1-17-6-7-22(31-26(34)19-4-3-5-21(12-19)27(28,29)30)15-23(17)20-13-24(33-8-9-38-16-18(33)2)32-25(14-20)39-10-11-40-41(35,36)37/h3-7,12-15,18H,8-11,16H2,1-2H3,(H,31,34)(H2,35,36,37)/t18-/m1/s1. The lowest BCUT2D eigenvalue weighted by molar-refractivity contribution is -0.137. The second-order valence-corrected chi connectivity index (χ2v) is 10.6. The van der Waals surface area contributed by atoms with E-state index in [1.54, 1.807) is 24.3 Å². The highest BCUT2D eigenvalue weighted by molar-refractivity contribution is 7.46. The molecular formula is C27H29F3N3O7P. The van der Waals surface area contributed by atoms with Crippen molar-refractivity contribution in [3.8, 4) is 17.0 Å². The van der Waals surface area contributed by atoms with Crippen LogP contribution in [0.4, 0.5) is 24.7 Å². The van der Waals surface area contributed by atoms with Gasteiger partial charge in [0, 0.05) is 23.9 Å². The number of pyridine rings is 1. The van der Waals surface area contributed by atoms with Gasteiger partial charge in [0.2, 0.25) is 5.88 Å². The molecule has 1 aliphatic heterocycles. The highest BCUT2D eigenvalue weighted by Gasteiger charge is 2.31. The van der Waals surface area contributed by atoms with Crippen molar-refractivity contribution in [3.05, 3.63) is 71.3 Å². The number of morpholine rings is 1. The van der Waals surface area contributed by atoms with Crippen LogP contribution in [0, 0.1) is 6.92 Å². The summed E-state index contributed by atoms with van der Waals surface area (Å²) in [7, 11) is -4.65. The van der Waals surface area contributed by atoms with Crippen molar-refractivity contribution >= 4 is 25.2 Å². The molecule has 1 atom stereocenters. The molecule has 4 rings (SSSR count). The van der Waals surface area contributed by atoms with Gasteiger partial charge in [-0.25, -0.2) is 4.57 Å². The van der Waals surface area contributed by atoms with E-state index in [4.69, 9.17) is 19.3 Å². The Morgan fingerprint density at radius 3 is 2.66 bits per heavy atom. The zero-order valence-corrected chi connectivity index (χ0v) is 23.1. The van der Waals surface area contributed by atoms with Crippen LogP contribution in [0.3, 0.4) is 0 Å². The number of alkyl halides is 3. The lowest BCUT2D eigenvalue weighted by Gasteiger charge is -2.34. The van der Waals surface area contributed by atoms with Crippen molar-refractivity contribution in [3.63, 3.8) is 0 Å². The van der Waals surface area contributed by atoms with Crippen molar-refractivity contribution in [2.24, 2.45) is 0 Å². The van der Waals surface area contributed by atoms with Crippen LogP contribution in [0.15, 0.2) is 54.6 Å². The summed E-state index contributed by atoms with van der Waals surface area (Å²) in [5, 5.41) is 2.66. The third kappa shape index (κ3) is 8.27. The van der Waals surface area contributed by atoms with E-state index in [0.29, 0.717) is 42.4 Å². The Morgan fingerprint density at radius 2 is 1.95 bits per heavy atom. The monoisotopic (exact) mass is 595 g/mol. The number of amides is 1. The fraction of sp³-hybridized carbons (Fsp3) is 0.333. The smallest absolute Gasteiger partial charge is 0.469 e. The maximum absolute atomic E-state index is 13.1. The second-order valence-electron chi connectivity index (χ2n) is 9.40. The number of phosphoric acid groups is 1. The number of hydrogen-bond acceptors (Lipinski definition) is 7. The van der Waals surface area contributed by atoms with Crippen LogP contribution in [0.25, 0.3) is 11.1 Å². The summed E-state index contributed by atoms with van der Waals surface area (Å²) in [6.45, 7) is 4.87. The van der Waals surface area contributed by atoms with E-state index in [2.05, 4.69) is 14.8 Å². The number of hydrogen-bond donors (Lipinski definition) is 3. The Balaban J connectivity index is 1.63. The van der Waals surface area contributed by atoms with E-state index in [1.807, 2.05) is 24.8 Å². The van der Waals surface area contributed by atoms with E-state index in [1.165, 1.54) is 12.1 Å². The number of carbonyl (C=O) groups is 1. The summed E-state index contributed by atoms with van der Waals surface area (Å²) in [4.78, 5) is 37.2. The topological polar surface area (TPSA) is 130 Å². The Hall–Kier alpha value is -3.48. The Labute approximate surface area is 234 Å². The third-order valence-electron chi connectivity index (χ3n) is 6.30. The van der Waals surface area contributed by atoms with Crippen molar-refractivity contribution in [1.29, 1.82) is 0 Å². The highest BCUT2D eigenvalue weighted by Crippen LogP contribution is 2.36. The molecule has 41 heavy (non-hydrogen) atoms. The Morgan fingerprint density at radius 1 is 1.17 bits per heavy atom. The van der Waals surface area contributed by atoms with E-state index < -0.39 is 25.5 Å². The summed E-state index contributed by atoms with van der Waals surface area (Å²) >= 11 is 0. The second kappa shape index (κ2) is 12.6. The Kier molecular flexibility index (Phi) is 9.35. The number of rotatable bonds is 9. The lowest BCUT2D eigenvalue weighted by atomic mass is 10.00. The molecule has 1 amide bonds. The fourth-order valence-corrected chi connectivity index (χ4v) is 4.60. The quantitative estimate of drug-likeness (QED) is 0.230. The zero-order valence-electron chi connectivity index (χ0n) is 22.2. The molecule has 0 bridgehead atoms. The number of benzene rings is 2.